The summed E-state index contributed by atoms with van der Waals surface area (Å²) in [5.74, 6) is 0.846. The fourth-order valence-corrected chi connectivity index (χ4v) is 2.23. The van der Waals surface area contributed by atoms with Crippen molar-refractivity contribution in [1.29, 1.82) is 0 Å². The van der Waals surface area contributed by atoms with Crippen molar-refractivity contribution < 1.29 is 14.3 Å². The summed E-state index contributed by atoms with van der Waals surface area (Å²) in [7, 11) is 0. The Hall–Kier alpha value is -2.28. The third kappa shape index (κ3) is 2.27. The Balaban J connectivity index is 1.74. The molecule has 0 fully saturated rings. The number of carbonyl (C=O) groups excluding carboxylic acids is 1. The lowest BCUT2D eigenvalue weighted by molar-refractivity contribution is -0.119. The molecule has 0 spiro atoms. The van der Waals surface area contributed by atoms with Crippen LogP contribution in [0.15, 0.2) is 18.3 Å². The van der Waals surface area contributed by atoms with E-state index < -0.39 is 11.9 Å². The van der Waals surface area contributed by atoms with E-state index in [4.69, 9.17) is 20.9 Å². The topological polar surface area (TPSA) is 116 Å². The summed E-state index contributed by atoms with van der Waals surface area (Å²) in [4.78, 5) is 10.9. The smallest absolute Gasteiger partial charge is 0.234 e. The minimum absolute atomic E-state index is 0.151. The van der Waals surface area contributed by atoms with Crippen LogP contribution < -0.4 is 20.9 Å². The number of H-pyrrole nitrogens is 1. The second-order valence-corrected chi connectivity index (χ2v) is 4.86. The van der Waals surface area contributed by atoms with Crippen LogP contribution in [-0.4, -0.2) is 34.9 Å². The molecule has 2 heterocycles. The van der Waals surface area contributed by atoms with E-state index >= 15 is 0 Å². The largest absolute Gasteiger partial charge is 0.486 e. The van der Waals surface area contributed by atoms with Gasteiger partial charge in [-0.1, -0.05) is 0 Å². The van der Waals surface area contributed by atoms with Crippen LogP contribution in [0.25, 0.3) is 10.9 Å². The molecule has 0 unspecified atom stereocenters. The second-order valence-electron chi connectivity index (χ2n) is 4.86. The van der Waals surface area contributed by atoms with Crippen molar-refractivity contribution >= 4 is 16.8 Å². The van der Waals surface area contributed by atoms with Gasteiger partial charge in [-0.05, 0) is 25.0 Å². The predicted molar refractivity (Wildman–Crippen MR) is 72.4 cm³/mol. The summed E-state index contributed by atoms with van der Waals surface area (Å²) in [6.07, 6.45) is 2.65. The molecule has 1 aliphatic rings. The quantitative estimate of drug-likeness (QED) is 0.742. The van der Waals surface area contributed by atoms with Gasteiger partial charge in [0.15, 0.2) is 11.5 Å². The lowest BCUT2D eigenvalue weighted by atomic mass is 10.1. The molecule has 7 heteroatoms. The first kappa shape index (κ1) is 12.7. The number of nitrogens with one attached hydrogen (secondary N) is 1. The summed E-state index contributed by atoms with van der Waals surface area (Å²) >= 11 is 0. The van der Waals surface area contributed by atoms with E-state index in [0.717, 1.165) is 10.9 Å². The number of hydrogen-bond donors (Lipinski definition) is 3. The van der Waals surface area contributed by atoms with Crippen LogP contribution in [0.5, 0.6) is 11.5 Å². The molecule has 1 amide bonds. The number of rotatable bonds is 4. The third-order valence-corrected chi connectivity index (χ3v) is 3.41. The molecule has 1 aromatic heterocycles. The van der Waals surface area contributed by atoms with Crippen LogP contribution in [0, 0.1) is 0 Å². The molecule has 3 rings (SSSR count). The number of hydrogen-bond acceptors (Lipinski definition) is 5. The highest BCUT2D eigenvalue weighted by Gasteiger charge is 2.24. The monoisotopic (exact) mass is 276 g/mol. The van der Waals surface area contributed by atoms with E-state index in [-0.39, 0.29) is 6.10 Å². The van der Waals surface area contributed by atoms with Gasteiger partial charge in [0.25, 0.3) is 0 Å². The molecule has 0 saturated carbocycles. The fraction of sp³-hybridized carbons (Fsp3) is 0.385. The first-order valence-electron chi connectivity index (χ1n) is 6.45. The number of ether oxygens (including phenoxy) is 2. The maximum Gasteiger partial charge on any atom is 0.234 e. The molecule has 0 aliphatic carbocycles. The molecule has 106 valence electrons. The molecule has 20 heavy (non-hydrogen) atoms. The van der Waals surface area contributed by atoms with Crippen molar-refractivity contribution in [2.75, 3.05) is 6.61 Å². The first-order chi connectivity index (χ1) is 9.65. The average molecular weight is 276 g/mol. The molecule has 2 aromatic rings. The second kappa shape index (κ2) is 5.01. The number of aromatic nitrogens is 2. The number of benzene rings is 1. The maximum atomic E-state index is 10.9. The molecule has 5 N–H and O–H groups in total. The molecule has 2 atom stereocenters. The van der Waals surface area contributed by atoms with Crippen LogP contribution in [0.4, 0.5) is 0 Å². The van der Waals surface area contributed by atoms with Crippen LogP contribution in [0.3, 0.4) is 0 Å². The molecule has 1 aromatic carbocycles. The van der Waals surface area contributed by atoms with E-state index in [9.17, 15) is 4.79 Å². The number of nitrogens with zero attached hydrogens (tertiary/aromatic N) is 1. The maximum absolute atomic E-state index is 10.9. The Morgan fingerprint density at radius 2 is 2.40 bits per heavy atom. The van der Waals surface area contributed by atoms with Gasteiger partial charge in [0, 0.05) is 5.39 Å². The Morgan fingerprint density at radius 1 is 1.55 bits per heavy atom. The van der Waals surface area contributed by atoms with E-state index in [1.54, 1.807) is 6.20 Å². The van der Waals surface area contributed by atoms with Gasteiger partial charge < -0.3 is 20.9 Å². The van der Waals surface area contributed by atoms with Gasteiger partial charge in [-0.25, -0.2) is 0 Å². The highest BCUT2D eigenvalue weighted by molar-refractivity contribution is 5.86. The molecule has 7 nitrogen and oxygen atoms in total. The van der Waals surface area contributed by atoms with Gasteiger partial charge in [-0.2, -0.15) is 5.10 Å². The van der Waals surface area contributed by atoms with Crippen molar-refractivity contribution in [2.45, 2.75) is 25.0 Å². The number of aromatic amines is 1. The first-order valence-corrected chi connectivity index (χ1v) is 6.45. The van der Waals surface area contributed by atoms with Gasteiger partial charge in [-0.15, -0.1) is 0 Å². The number of amides is 1. The average Bonchev–Trinajstić information content (AvgIpc) is 2.93. The summed E-state index contributed by atoms with van der Waals surface area (Å²) in [5.41, 5.74) is 11.6. The normalized spacial score (nSPS) is 18.9. The van der Waals surface area contributed by atoms with Crippen LogP contribution >= 0.6 is 0 Å². The summed E-state index contributed by atoms with van der Waals surface area (Å²) in [5, 5.41) is 7.85. The zero-order valence-corrected chi connectivity index (χ0v) is 10.8. The SMILES string of the molecule is NC(=O)[C@@H](N)CC[C@H]1COc2ccc3cn[nH]c3c2O1. The van der Waals surface area contributed by atoms with Gasteiger partial charge in [0.1, 0.15) is 18.2 Å². The number of nitrogens with two attached hydrogens (primary N) is 2. The highest BCUT2D eigenvalue weighted by atomic mass is 16.6. The fourth-order valence-electron chi connectivity index (χ4n) is 2.23. The molecule has 0 bridgehead atoms. The van der Waals surface area contributed by atoms with Gasteiger partial charge in [0.2, 0.25) is 5.91 Å². The van der Waals surface area contributed by atoms with Gasteiger partial charge in [0.05, 0.1) is 12.2 Å². The number of primary amides is 1. The number of fused-ring (bicyclic) bond motifs is 3. The van der Waals surface area contributed by atoms with Crippen molar-refractivity contribution in [3.05, 3.63) is 18.3 Å². The summed E-state index contributed by atoms with van der Waals surface area (Å²) < 4.78 is 11.6. The molecule has 0 radical (unpaired) electrons. The predicted octanol–water partition coefficient (Wildman–Crippen LogP) is 0.295. The van der Waals surface area contributed by atoms with E-state index in [1.165, 1.54) is 0 Å². The molecular weight excluding hydrogens is 260 g/mol. The zero-order valence-electron chi connectivity index (χ0n) is 10.8. The minimum atomic E-state index is -0.650. The van der Waals surface area contributed by atoms with E-state index in [0.29, 0.717) is 30.9 Å². The minimum Gasteiger partial charge on any atom is -0.486 e. The van der Waals surface area contributed by atoms with Crippen molar-refractivity contribution in [1.82, 2.24) is 10.2 Å². The molecule has 0 saturated heterocycles. The van der Waals surface area contributed by atoms with Crippen molar-refractivity contribution in [2.24, 2.45) is 11.5 Å². The Labute approximate surface area is 115 Å². The molecule has 1 aliphatic heterocycles. The Morgan fingerprint density at radius 3 is 3.20 bits per heavy atom. The molecular formula is C13H16N4O3. The highest BCUT2D eigenvalue weighted by Crippen LogP contribution is 2.38. The van der Waals surface area contributed by atoms with Gasteiger partial charge >= 0.3 is 0 Å². The van der Waals surface area contributed by atoms with E-state index in [2.05, 4.69) is 10.2 Å². The zero-order chi connectivity index (χ0) is 14.1. The summed E-state index contributed by atoms with van der Waals surface area (Å²) in [6.45, 7) is 0.429. The van der Waals surface area contributed by atoms with Crippen LogP contribution in [0.2, 0.25) is 0 Å². The Kier molecular flexibility index (Phi) is 3.19. The van der Waals surface area contributed by atoms with Gasteiger partial charge in [-0.3, -0.25) is 9.89 Å². The third-order valence-electron chi connectivity index (χ3n) is 3.41. The van der Waals surface area contributed by atoms with Crippen molar-refractivity contribution in [3.8, 4) is 11.5 Å². The number of carbonyl (C=O) groups is 1. The van der Waals surface area contributed by atoms with Crippen LogP contribution in [-0.2, 0) is 4.79 Å². The van der Waals surface area contributed by atoms with Crippen molar-refractivity contribution in [3.63, 3.8) is 0 Å². The Bertz CT molecular complexity index is 640. The van der Waals surface area contributed by atoms with Crippen LogP contribution in [0.1, 0.15) is 12.8 Å². The lowest BCUT2D eigenvalue weighted by Gasteiger charge is -2.27. The summed E-state index contributed by atoms with van der Waals surface area (Å²) in [6, 6.07) is 3.13. The lowest BCUT2D eigenvalue weighted by Crippen LogP contribution is -2.38. The van der Waals surface area contributed by atoms with E-state index in [1.807, 2.05) is 12.1 Å². The standard InChI is InChI=1S/C13H16N4O3/c14-9(13(15)18)3-2-8-6-19-10-4-1-7-5-16-17-11(7)12(10)20-8/h1,4-5,8-9H,2-3,6,14H2,(H2,15,18)(H,16,17)/t8-,9-/m0/s1.